The first-order chi connectivity index (χ1) is 7.50. The number of benzene rings is 1. The van der Waals surface area contributed by atoms with E-state index in [2.05, 4.69) is 27.8 Å². The summed E-state index contributed by atoms with van der Waals surface area (Å²) >= 11 is 9.13. The monoisotopic (exact) mass is 304 g/mol. The maximum Gasteiger partial charge on any atom is 0.270 e. The molecule has 0 aliphatic carbocycles. The van der Waals surface area contributed by atoms with Crippen molar-refractivity contribution < 1.29 is 4.92 Å². The topological polar surface area (TPSA) is 55.2 Å². The van der Waals surface area contributed by atoms with Gasteiger partial charge in [-0.05, 0) is 11.6 Å². The van der Waals surface area contributed by atoms with Crippen LogP contribution in [-0.4, -0.2) is 11.5 Å². The van der Waals surface area contributed by atoms with Gasteiger partial charge in [-0.2, -0.15) is 0 Å². The Morgan fingerprint density at radius 1 is 1.62 bits per heavy atom. The largest absolute Gasteiger partial charge is 0.308 e. The summed E-state index contributed by atoms with van der Waals surface area (Å²) in [7, 11) is 0. The van der Waals surface area contributed by atoms with Gasteiger partial charge in [0.25, 0.3) is 5.69 Å². The van der Waals surface area contributed by atoms with Crippen molar-refractivity contribution in [3.8, 4) is 0 Å². The standard InChI is InChI=1S/C10H10BrClN2O2/c1-7(11)5-13-6-8-2-3-9(14(15)16)4-10(8)12/h2-4,13H,1,5-6H2. The molecule has 0 radical (unpaired) electrons. The van der Waals surface area contributed by atoms with Crippen molar-refractivity contribution in [1.82, 2.24) is 5.32 Å². The molecule has 0 aliphatic heterocycles. The van der Waals surface area contributed by atoms with Gasteiger partial charge in [-0.1, -0.05) is 34.1 Å². The normalized spacial score (nSPS) is 10.1. The van der Waals surface area contributed by atoms with Crippen LogP contribution in [0.4, 0.5) is 5.69 Å². The fraction of sp³-hybridized carbons (Fsp3) is 0.200. The minimum absolute atomic E-state index is 0.00125. The van der Waals surface area contributed by atoms with Gasteiger partial charge in [-0.15, -0.1) is 0 Å². The van der Waals surface area contributed by atoms with Crippen molar-refractivity contribution in [2.24, 2.45) is 0 Å². The van der Waals surface area contributed by atoms with E-state index in [0.717, 1.165) is 10.0 Å². The van der Waals surface area contributed by atoms with Gasteiger partial charge >= 0.3 is 0 Å². The van der Waals surface area contributed by atoms with Crippen LogP contribution < -0.4 is 5.32 Å². The highest BCUT2D eigenvalue weighted by atomic mass is 79.9. The first-order valence-electron chi connectivity index (χ1n) is 4.47. The Labute approximate surface area is 107 Å². The van der Waals surface area contributed by atoms with Crippen LogP contribution in [0.3, 0.4) is 0 Å². The van der Waals surface area contributed by atoms with Crippen molar-refractivity contribution in [2.75, 3.05) is 6.54 Å². The van der Waals surface area contributed by atoms with Crippen LogP contribution >= 0.6 is 27.5 Å². The SMILES string of the molecule is C=C(Br)CNCc1ccc([N+](=O)[O-])cc1Cl. The molecule has 0 unspecified atom stereocenters. The van der Waals surface area contributed by atoms with Gasteiger partial charge in [-0.25, -0.2) is 0 Å². The number of hydrogen-bond acceptors (Lipinski definition) is 3. The minimum Gasteiger partial charge on any atom is -0.308 e. The van der Waals surface area contributed by atoms with E-state index in [1.165, 1.54) is 12.1 Å². The average molecular weight is 306 g/mol. The maximum absolute atomic E-state index is 10.5. The summed E-state index contributed by atoms with van der Waals surface area (Å²) < 4.78 is 0.838. The summed E-state index contributed by atoms with van der Waals surface area (Å²) in [5.74, 6) is 0. The van der Waals surface area contributed by atoms with Gasteiger partial charge in [0.05, 0.1) is 9.95 Å². The summed E-state index contributed by atoms with van der Waals surface area (Å²) in [4.78, 5) is 10.0. The summed E-state index contributed by atoms with van der Waals surface area (Å²) in [5.41, 5.74) is 0.819. The van der Waals surface area contributed by atoms with E-state index in [1.54, 1.807) is 6.07 Å². The van der Waals surface area contributed by atoms with E-state index in [1.807, 2.05) is 0 Å². The van der Waals surface area contributed by atoms with E-state index in [4.69, 9.17) is 11.6 Å². The molecular weight excluding hydrogens is 295 g/mol. The van der Waals surface area contributed by atoms with Crippen LogP contribution in [0.2, 0.25) is 5.02 Å². The van der Waals surface area contributed by atoms with E-state index >= 15 is 0 Å². The third-order valence-corrected chi connectivity index (χ3v) is 2.51. The molecule has 1 aromatic rings. The predicted molar refractivity (Wildman–Crippen MR) is 67.9 cm³/mol. The Kier molecular flexibility index (Phi) is 4.92. The number of nitrogens with zero attached hydrogens (tertiary/aromatic N) is 1. The van der Waals surface area contributed by atoms with Crippen molar-refractivity contribution in [3.05, 3.63) is 50.0 Å². The molecule has 1 aromatic carbocycles. The molecule has 1 N–H and O–H groups in total. The Bertz CT molecular complexity index is 423. The zero-order valence-electron chi connectivity index (χ0n) is 8.37. The minimum atomic E-state index is -0.469. The number of nitrogens with one attached hydrogen (secondary N) is 1. The predicted octanol–water partition coefficient (Wildman–Crippen LogP) is 3.25. The molecule has 0 saturated carbocycles. The number of rotatable bonds is 5. The first kappa shape index (κ1) is 13.2. The molecule has 0 fully saturated rings. The van der Waals surface area contributed by atoms with Gasteiger partial charge < -0.3 is 5.32 Å². The van der Waals surface area contributed by atoms with Crippen LogP contribution in [-0.2, 0) is 6.54 Å². The lowest BCUT2D eigenvalue weighted by atomic mass is 10.2. The molecule has 0 atom stereocenters. The number of hydrogen-bond donors (Lipinski definition) is 1. The Balaban J connectivity index is 2.68. The summed E-state index contributed by atoms with van der Waals surface area (Å²) in [6.07, 6.45) is 0. The van der Waals surface area contributed by atoms with Crippen molar-refractivity contribution >= 4 is 33.2 Å². The second-order valence-electron chi connectivity index (χ2n) is 3.15. The fourth-order valence-electron chi connectivity index (χ4n) is 1.13. The summed E-state index contributed by atoms with van der Waals surface area (Å²) in [6, 6.07) is 4.43. The van der Waals surface area contributed by atoms with Crippen LogP contribution in [0.25, 0.3) is 0 Å². The molecule has 4 nitrogen and oxygen atoms in total. The molecule has 1 rings (SSSR count). The number of non-ortho nitro benzene ring substituents is 1. The second-order valence-corrected chi connectivity index (χ2v) is 4.68. The van der Waals surface area contributed by atoms with Crippen molar-refractivity contribution in [2.45, 2.75) is 6.54 Å². The zero-order valence-corrected chi connectivity index (χ0v) is 10.7. The molecule has 0 heterocycles. The molecule has 0 bridgehead atoms. The van der Waals surface area contributed by atoms with E-state index in [-0.39, 0.29) is 5.69 Å². The molecular formula is C10H10BrClN2O2. The van der Waals surface area contributed by atoms with Gasteiger partial charge in [0.15, 0.2) is 0 Å². The van der Waals surface area contributed by atoms with Gasteiger partial charge in [-0.3, -0.25) is 10.1 Å². The van der Waals surface area contributed by atoms with Gasteiger partial charge in [0.2, 0.25) is 0 Å². The first-order valence-corrected chi connectivity index (χ1v) is 5.64. The van der Waals surface area contributed by atoms with E-state index in [9.17, 15) is 10.1 Å². The highest BCUT2D eigenvalue weighted by Crippen LogP contribution is 2.22. The highest BCUT2D eigenvalue weighted by Gasteiger charge is 2.08. The third-order valence-electron chi connectivity index (χ3n) is 1.88. The van der Waals surface area contributed by atoms with Crippen molar-refractivity contribution in [1.29, 1.82) is 0 Å². The summed E-state index contributed by atoms with van der Waals surface area (Å²) in [6.45, 7) is 4.84. The Morgan fingerprint density at radius 3 is 2.81 bits per heavy atom. The maximum atomic E-state index is 10.5. The lowest BCUT2D eigenvalue weighted by Gasteiger charge is -2.05. The van der Waals surface area contributed by atoms with E-state index < -0.39 is 4.92 Å². The molecule has 16 heavy (non-hydrogen) atoms. The van der Waals surface area contributed by atoms with Crippen LogP contribution in [0.15, 0.2) is 29.3 Å². The molecule has 6 heteroatoms. The summed E-state index contributed by atoms with van der Waals surface area (Å²) in [5, 5.41) is 14.0. The lowest BCUT2D eigenvalue weighted by Crippen LogP contribution is -2.14. The molecule has 0 aromatic heterocycles. The van der Waals surface area contributed by atoms with Crippen molar-refractivity contribution in [3.63, 3.8) is 0 Å². The molecule has 0 spiro atoms. The number of nitro benzene ring substituents is 1. The Morgan fingerprint density at radius 2 is 2.31 bits per heavy atom. The fourth-order valence-corrected chi connectivity index (χ4v) is 1.57. The van der Waals surface area contributed by atoms with Gasteiger partial charge in [0.1, 0.15) is 0 Å². The second kappa shape index (κ2) is 5.98. The van der Waals surface area contributed by atoms with E-state index in [0.29, 0.717) is 18.1 Å². The zero-order chi connectivity index (χ0) is 12.1. The lowest BCUT2D eigenvalue weighted by molar-refractivity contribution is -0.384. The smallest absolute Gasteiger partial charge is 0.270 e. The molecule has 86 valence electrons. The Hall–Kier alpha value is -0.910. The molecule has 0 amide bonds. The molecule has 0 saturated heterocycles. The quantitative estimate of drug-likeness (QED) is 0.671. The highest BCUT2D eigenvalue weighted by molar-refractivity contribution is 9.11. The van der Waals surface area contributed by atoms with Crippen LogP contribution in [0.1, 0.15) is 5.56 Å². The van der Waals surface area contributed by atoms with Crippen LogP contribution in [0, 0.1) is 10.1 Å². The van der Waals surface area contributed by atoms with Crippen LogP contribution in [0.5, 0.6) is 0 Å². The van der Waals surface area contributed by atoms with Gasteiger partial charge in [0, 0.05) is 29.7 Å². The number of halogens is 2. The molecule has 0 aliphatic rings. The third kappa shape index (κ3) is 3.92. The number of nitro groups is 1. The average Bonchev–Trinajstić information content (AvgIpc) is 2.19.